The lowest BCUT2D eigenvalue weighted by molar-refractivity contribution is -0.137. The Labute approximate surface area is 219 Å². The molecular formula is C23H21Cl2F3N4O3S. The molecule has 2 aromatic carbocycles. The summed E-state index contributed by atoms with van der Waals surface area (Å²) >= 11 is 13.1. The van der Waals surface area contributed by atoms with Gasteiger partial charge in [-0.3, -0.25) is 4.79 Å². The number of rotatable bonds is 9. The molecule has 0 unspecified atom stereocenters. The molecule has 13 heteroatoms. The van der Waals surface area contributed by atoms with Gasteiger partial charge in [0, 0.05) is 31.3 Å². The minimum atomic E-state index is -4.47. The number of thiazole rings is 1. The van der Waals surface area contributed by atoms with E-state index in [1.54, 1.807) is 12.1 Å². The molecule has 0 aliphatic carbocycles. The van der Waals surface area contributed by atoms with Crippen LogP contribution in [0.2, 0.25) is 10.0 Å². The number of anilines is 1. The Morgan fingerprint density at radius 2 is 1.92 bits per heavy atom. The number of halogens is 5. The number of benzene rings is 2. The van der Waals surface area contributed by atoms with Gasteiger partial charge in [-0.1, -0.05) is 35.3 Å². The summed E-state index contributed by atoms with van der Waals surface area (Å²) < 4.78 is 43.7. The first kappa shape index (κ1) is 27.7. The fourth-order valence-electron chi connectivity index (χ4n) is 3.01. The summed E-state index contributed by atoms with van der Waals surface area (Å²) in [5.74, 6) is -0.543. The smallest absolute Gasteiger partial charge is 0.383 e. The number of carbonyl (C=O) groups is 2. The standard InChI is InChI=1S/C23H21Cl2F3N4O3S/c1-35-8-7-32(22(34)30-16-5-6-17(24)18(25)10-16)12-20-31-19(13-36-20)21(33)29-11-14-3-2-4-15(9-14)23(26,27)28/h2-6,9-10,13H,7-8,11-12H2,1H3,(H,29,33)(H,30,34). The van der Waals surface area contributed by atoms with Gasteiger partial charge in [0.25, 0.3) is 5.91 Å². The molecule has 7 nitrogen and oxygen atoms in total. The first-order valence-corrected chi connectivity index (χ1v) is 12.1. The lowest BCUT2D eigenvalue weighted by Crippen LogP contribution is -2.36. The van der Waals surface area contributed by atoms with Crippen molar-refractivity contribution < 1.29 is 27.5 Å². The maximum Gasteiger partial charge on any atom is 0.416 e. The molecular weight excluding hydrogens is 540 g/mol. The summed E-state index contributed by atoms with van der Waals surface area (Å²) in [5.41, 5.74) is 0.0583. The van der Waals surface area contributed by atoms with Crippen molar-refractivity contribution in [3.63, 3.8) is 0 Å². The normalized spacial score (nSPS) is 11.3. The zero-order valence-electron chi connectivity index (χ0n) is 18.9. The molecule has 0 saturated heterocycles. The van der Waals surface area contributed by atoms with Crippen LogP contribution in [0.1, 0.15) is 26.6 Å². The number of nitrogens with zero attached hydrogens (tertiary/aromatic N) is 2. The van der Waals surface area contributed by atoms with Crippen molar-refractivity contribution in [1.29, 1.82) is 0 Å². The predicted molar refractivity (Wildman–Crippen MR) is 132 cm³/mol. The van der Waals surface area contributed by atoms with Crippen molar-refractivity contribution in [1.82, 2.24) is 15.2 Å². The average Bonchev–Trinajstić information content (AvgIpc) is 3.31. The summed E-state index contributed by atoms with van der Waals surface area (Å²) in [6.07, 6.45) is -4.47. The molecule has 0 saturated carbocycles. The van der Waals surface area contributed by atoms with Crippen molar-refractivity contribution in [3.8, 4) is 0 Å². The van der Waals surface area contributed by atoms with E-state index in [1.807, 2.05) is 0 Å². The van der Waals surface area contributed by atoms with E-state index < -0.39 is 23.7 Å². The van der Waals surface area contributed by atoms with E-state index in [4.69, 9.17) is 27.9 Å². The Morgan fingerprint density at radius 3 is 2.61 bits per heavy atom. The molecule has 0 aliphatic heterocycles. The summed E-state index contributed by atoms with van der Waals surface area (Å²) in [4.78, 5) is 31.0. The van der Waals surface area contributed by atoms with Crippen LogP contribution in [-0.4, -0.2) is 42.1 Å². The van der Waals surface area contributed by atoms with Gasteiger partial charge in [0.05, 0.1) is 28.8 Å². The number of carbonyl (C=O) groups excluding carboxylic acids is 2. The molecule has 0 spiro atoms. The van der Waals surface area contributed by atoms with E-state index >= 15 is 0 Å². The van der Waals surface area contributed by atoms with Gasteiger partial charge in [-0.2, -0.15) is 13.2 Å². The van der Waals surface area contributed by atoms with E-state index in [1.165, 1.54) is 46.9 Å². The summed E-state index contributed by atoms with van der Waals surface area (Å²) in [7, 11) is 1.51. The third kappa shape index (κ3) is 7.82. The van der Waals surface area contributed by atoms with E-state index in [9.17, 15) is 22.8 Å². The van der Waals surface area contributed by atoms with Crippen molar-refractivity contribution in [2.75, 3.05) is 25.6 Å². The van der Waals surface area contributed by atoms with Crippen LogP contribution in [0.15, 0.2) is 47.8 Å². The molecule has 3 aromatic rings. The number of urea groups is 1. The molecule has 1 heterocycles. The zero-order valence-corrected chi connectivity index (χ0v) is 21.2. The fourth-order valence-corrected chi connectivity index (χ4v) is 4.10. The Kier molecular flexibility index (Phi) is 9.55. The van der Waals surface area contributed by atoms with Crippen LogP contribution in [0.5, 0.6) is 0 Å². The van der Waals surface area contributed by atoms with Crippen LogP contribution >= 0.6 is 34.5 Å². The number of aromatic nitrogens is 1. The molecule has 0 atom stereocenters. The Morgan fingerprint density at radius 1 is 1.14 bits per heavy atom. The van der Waals surface area contributed by atoms with Crippen LogP contribution in [0.3, 0.4) is 0 Å². The van der Waals surface area contributed by atoms with Crippen LogP contribution in [0.4, 0.5) is 23.7 Å². The summed E-state index contributed by atoms with van der Waals surface area (Å²) in [5, 5.41) is 7.94. The minimum absolute atomic E-state index is 0.0956. The minimum Gasteiger partial charge on any atom is -0.383 e. The van der Waals surface area contributed by atoms with Crippen molar-refractivity contribution >= 4 is 52.2 Å². The molecule has 3 amide bonds. The maximum atomic E-state index is 12.9. The van der Waals surface area contributed by atoms with Crippen LogP contribution in [0, 0.1) is 0 Å². The number of nitrogens with one attached hydrogen (secondary N) is 2. The van der Waals surface area contributed by atoms with Gasteiger partial charge in [-0.15, -0.1) is 11.3 Å². The van der Waals surface area contributed by atoms with Gasteiger partial charge < -0.3 is 20.3 Å². The summed E-state index contributed by atoms with van der Waals surface area (Å²) in [6, 6.07) is 8.97. The first-order valence-electron chi connectivity index (χ1n) is 10.5. The molecule has 2 N–H and O–H groups in total. The zero-order chi connectivity index (χ0) is 26.3. The molecule has 0 fully saturated rings. The highest BCUT2D eigenvalue weighted by Crippen LogP contribution is 2.29. The second kappa shape index (κ2) is 12.4. The number of hydrogen-bond donors (Lipinski definition) is 2. The lowest BCUT2D eigenvalue weighted by atomic mass is 10.1. The molecule has 1 aromatic heterocycles. The molecule has 3 rings (SSSR count). The highest BCUT2D eigenvalue weighted by molar-refractivity contribution is 7.09. The van der Waals surface area contributed by atoms with Crippen molar-refractivity contribution in [3.05, 3.63) is 79.7 Å². The van der Waals surface area contributed by atoms with Crippen LogP contribution in [-0.2, 0) is 24.0 Å². The van der Waals surface area contributed by atoms with Gasteiger partial charge in [0.15, 0.2) is 0 Å². The first-order chi connectivity index (χ1) is 17.1. The second-order valence-corrected chi connectivity index (χ2v) is 9.24. The van der Waals surface area contributed by atoms with Crippen molar-refractivity contribution in [2.45, 2.75) is 19.3 Å². The molecule has 0 aliphatic rings. The monoisotopic (exact) mass is 560 g/mol. The predicted octanol–water partition coefficient (Wildman–Crippen LogP) is 6.08. The lowest BCUT2D eigenvalue weighted by Gasteiger charge is -2.22. The van der Waals surface area contributed by atoms with E-state index in [0.29, 0.717) is 26.3 Å². The van der Waals surface area contributed by atoms with E-state index in [2.05, 4.69) is 15.6 Å². The SMILES string of the molecule is COCCN(Cc1nc(C(=O)NCc2cccc(C(F)(F)F)c2)cs1)C(=O)Nc1ccc(Cl)c(Cl)c1. The number of amides is 3. The third-order valence-electron chi connectivity index (χ3n) is 4.84. The number of ether oxygens (including phenoxy) is 1. The van der Waals surface area contributed by atoms with Crippen LogP contribution < -0.4 is 10.6 Å². The van der Waals surface area contributed by atoms with Gasteiger partial charge in [-0.25, -0.2) is 9.78 Å². The topological polar surface area (TPSA) is 83.6 Å². The number of methoxy groups -OCH3 is 1. The highest BCUT2D eigenvalue weighted by Gasteiger charge is 2.30. The van der Waals surface area contributed by atoms with Gasteiger partial charge in [0.2, 0.25) is 0 Å². The molecule has 192 valence electrons. The molecule has 36 heavy (non-hydrogen) atoms. The Hall–Kier alpha value is -2.86. The van der Waals surface area contributed by atoms with Crippen molar-refractivity contribution in [2.24, 2.45) is 0 Å². The Bertz CT molecular complexity index is 1220. The van der Waals surface area contributed by atoms with E-state index in [0.717, 1.165) is 12.1 Å². The average molecular weight is 561 g/mol. The van der Waals surface area contributed by atoms with Gasteiger partial charge in [0.1, 0.15) is 10.7 Å². The number of hydrogen-bond acceptors (Lipinski definition) is 5. The summed E-state index contributed by atoms with van der Waals surface area (Å²) in [6.45, 7) is 0.522. The third-order valence-corrected chi connectivity index (χ3v) is 6.41. The van der Waals surface area contributed by atoms with E-state index in [-0.39, 0.29) is 31.9 Å². The molecule has 0 radical (unpaired) electrons. The number of alkyl halides is 3. The molecule has 0 bridgehead atoms. The second-order valence-electron chi connectivity index (χ2n) is 7.48. The van der Waals surface area contributed by atoms with Gasteiger partial charge in [-0.05, 0) is 35.9 Å². The quantitative estimate of drug-likeness (QED) is 0.332. The maximum absolute atomic E-state index is 12.9. The Balaban J connectivity index is 1.62. The largest absolute Gasteiger partial charge is 0.416 e. The fraction of sp³-hybridized carbons (Fsp3) is 0.261. The van der Waals surface area contributed by atoms with Gasteiger partial charge >= 0.3 is 12.2 Å². The highest BCUT2D eigenvalue weighted by atomic mass is 35.5. The van der Waals surface area contributed by atoms with Crippen LogP contribution in [0.25, 0.3) is 0 Å².